The molecule has 0 unspecified atom stereocenters. The van der Waals surface area contributed by atoms with E-state index in [-0.39, 0.29) is 27.9 Å². The van der Waals surface area contributed by atoms with Crippen molar-refractivity contribution in [1.82, 2.24) is 5.32 Å². The normalized spacial score (nSPS) is 13.8. The molecule has 1 aromatic heterocycles. The lowest BCUT2D eigenvalue weighted by atomic mass is 10.1. The van der Waals surface area contributed by atoms with Crippen LogP contribution in [0.5, 0.6) is 11.5 Å². The van der Waals surface area contributed by atoms with E-state index in [0.717, 1.165) is 23.9 Å². The van der Waals surface area contributed by atoms with Crippen LogP contribution in [0.2, 0.25) is 0 Å². The molecular formula is C19H18ClF2NO5S. The maximum absolute atomic E-state index is 13.1. The molecule has 0 aliphatic carbocycles. The Balaban J connectivity index is 0.00000240. The van der Waals surface area contributed by atoms with Crippen LogP contribution in [-0.2, 0) is 22.8 Å². The first-order valence-electron chi connectivity index (χ1n) is 8.53. The molecule has 1 aliphatic heterocycles. The van der Waals surface area contributed by atoms with Gasteiger partial charge in [-0.1, -0.05) is 6.07 Å². The third kappa shape index (κ3) is 3.90. The summed E-state index contributed by atoms with van der Waals surface area (Å²) in [7, 11) is -2.56. The molecule has 0 saturated carbocycles. The van der Waals surface area contributed by atoms with E-state index in [0.29, 0.717) is 29.7 Å². The standard InChI is InChI=1S/C19H17F2NO5S.ClH/c1-25-17-9-13(8-14-15-10-22-6-5-16(15)27-18(14)17)28(23,24)12-4-2-3-11(7-12)26-19(20)21;/h2-4,7-9,19,22H,5-6,10H2,1H3;1H. The van der Waals surface area contributed by atoms with Gasteiger partial charge >= 0.3 is 6.61 Å². The molecule has 4 rings (SSSR count). The highest BCUT2D eigenvalue weighted by Gasteiger charge is 2.26. The number of furan rings is 1. The second kappa shape index (κ2) is 8.17. The van der Waals surface area contributed by atoms with E-state index in [2.05, 4.69) is 10.1 Å². The maximum atomic E-state index is 13.1. The van der Waals surface area contributed by atoms with Crippen LogP contribution in [0.15, 0.2) is 50.6 Å². The van der Waals surface area contributed by atoms with E-state index in [4.69, 9.17) is 9.15 Å². The second-order valence-corrected chi connectivity index (χ2v) is 8.24. The van der Waals surface area contributed by atoms with E-state index in [1.165, 1.54) is 37.4 Å². The average Bonchev–Trinajstić information content (AvgIpc) is 3.05. The number of methoxy groups -OCH3 is 1. The molecule has 6 nitrogen and oxygen atoms in total. The van der Waals surface area contributed by atoms with Gasteiger partial charge < -0.3 is 19.2 Å². The van der Waals surface area contributed by atoms with Gasteiger partial charge in [0.25, 0.3) is 0 Å². The van der Waals surface area contributed by atoms with Gasteiger partial charge in [0.1, 0.15) is 11.5 Å². The number of ether oxygens (including phenoxy) is 2. The monoisotopic (exact) mass is 445 g/mol. The number of benzene rings is 2. The molecule has 1 aliphatic rings. The van der Waals surface area contributed by atoms with E-state index >= 15 is 0 Å². The lowest BCUT2D eigenvalue weighted by Gasteiger charge is -2.11. The van der Waals surface area contributed by atoms with Crippen LogP contribution in [0.3, 0.4) is 0 Å². The zero-order chi connectivity index (χ0) is 19.9. The second-order valence-electron chi connectivity index (χ2n) is 6.29. The first-order chi connectivity index (χ1) is 13.4. The van der Waals surface area contributed by atoms with Gasteiger partial charge in [0.15, 0.2) is 11.3 Å². The summed E-state index contributed by atoms with van der Waals surface area (Å²) in [5, 5.41) is 3.89. The van der Waals surface area contributed by atoms with Crippen molar-refractivity contribution in [2.45, 2.75) is 29.4 Å². The molecule has 0 bridgehead atoms. The number of halogens is 3. The van der Waals surface area contributed by atoms with Crippen molar-refractivity contribution in [2.75, 3.05) is 13.7 Å². The summed E-state index contributed by atoms with van der Waals surface area (Å²) in [6.45, 7) is -1.71. The molecule has 0 atom stereocenters. The Morgan fingerprint density at radius 2 is 1.97 bits per heavy atom. The fraction of sp³-hybridized carbons (Fsp3) is 0.263. The van der Waals surface area contributed by atoms with Gasteiger partial charge in [0, 0.05) is 36.5 Å². The molecule has 1 N–H and O–H groups in total. The number of nitrogens with one attached hydrogen (secondary N) is 1. The molecular weight excluding hydrogens is 428 g/mol. The SMILES string of the molecule is COc1cc(S(=O)(=O)c2cccc(OC(F)F)c2)cc2c3c(oc12)CCNC3.Cl. The zero-order valence-corrected chi connectivity index (χ0v) is 16.9. The largest absolute Gasteiger partial charge is 0.493 e. The van der Waals surface area contributed by atoms with Gasteiger partial charge in [-0.05, 0) is 24.3 Å². The number of hydrogen-bond donors (Lipinski definition) is 1. The molecule has 2 aromatic carbocycles. The maximum Gasteiger partial charge on any atom is 0.387 e. The van der Waals surface area contributed by atoms with Gasteiger partial charge in [-0.25, -0.2) is 8.42 Å². The van der Waals surface area contributed by atoms with Crippen molar-refractivity contribution < 1.29 is 31.1 Å². The molecule has 0 spiro atoms. The van der Waals surface area contributed by atoms with Crippen LogP contribution in [0, 0.1) is 0 Å². The molecule has 0 saturated heterocycles. The number of hydrogen-bond acceptors (Lipinski definition) is 6. The Kier molecular flexibility index (Phi) is 6.02. The van der Waals surface area contributed by atoms with Gasteiger partial charge in [-0.2, -0.15) is 8.78 Å². The molecule has 10 heteroatoms. The highest BCUT2D eigenvalue weighted by atomic mass is 35.5. The average molecular weight is 446 g/mol. The van der Waals surface area contributed by atoms with Crippen molar-refractivity contribution in [2.24, 2.45) is 0 Å². The Hall–Kier alpha value is -2.36. The zero-order valence-electron chi connectivity index (χ0n) is 15.3. The molecule has 156 valence electrons. The molecule has 3 aromatic rings. The topological polar surface area (TPSA) is 77.8 Å². The molecule has 2 heterocycles. The summed E-state index contributed by atoms with van der Waals surface area (Å²) < 4.78 is 66.7. The van der Waals surface area contributed by atoms with Crippen LogP contribution in [0.4, 0.5) is 8.78 Å². The Labute approximate surface area is 172 Å². The van der Waals surface area contributed by atoms with Crippen molar-refractivity contribution in [1.29, 1.82) is 0 Å². The number of alkyl halides is 2. The Bertz CT molecular complexity index is 1150. The number of fused-ring (bicyclic) bond motifs is 3. The van der Waals surface area contributed by atoms with Crippen LogP contribution < -0.4 is 14.8 Å². The van der Waals surface area contributed by atoms with E-state index in [1.54, 1.807) is 0 Å². The van der Waals surface area contributed by atoms with Crippen molar-refractivity contribution in [3.8, 4) is 11.5 Å². The lowest BCUT2D eigenvalue weighted by molar-refractivity contribution is -0.0499. The summed E-state index contributed by atoms with van der Waals surface area (Å²) in [5.41, 5.74) is 1.39. The van der Waals surface area contributed by atoms with Crippen LogP contribution in [0.25, 0.3) is 11.0 Å². The Morgan fingerprint density at radius 1 is 1.17 bits per heavy atom. The van der Waals surface area contributed by atoms with Crippen LogP contribution in [0.1, 0.15) is 11.3 Å². The summed E-state index contributed by atoms with van der Waals surface area (Å²) >= 11 is 0. The number of rotatable bonds is 5. The minimum absolute atomic E-state index is 0. The fourth-order valence-corrected chi connectivity index (χ4v) is 4.65. The minimum atomic E-state index is -3.99. The van der Waals surface area contributed by atoms with Gasteiger partial charge in [0.2, 0.25) is 9.84 Å². The lowest BCUT2D eigenvalue weighted by Crippen LogP contribution is -2.22. The summed E-state index contributed by atoms with van der Waals surface area (Å²) in [4.78, 5) is -0.164. The third-order valence-corrected chi connectivity index (χ3v) is 6.35. The highest BCUT2D eigenvalue weighted by Crippen LogP contribution is 2.38. The molecule has 0 radical (unpaired) electrons. The smallest absolute Gasteiger partial charge is 0.387 e. The predicted molar refractivity (Wildman–Crippen MR) is 104 cm³/mol. The van der Waals surface area contributed by atoms with Crippen molar-refractivity contribution >= 4 is 33.2 Å². The molecule has 29 heavy (non-hydrogen) atoms. The summed E-state index contributed by atoms with van der Waals surface area (Å²) in [6.07, 6.45) is 0.697. The highest BCUT2D eigenvalue weighted by molar-refractivity contribution is 7.91. The van der Waals surface area contributed by atoms with Crippen LogP contribution in [-0.4, -0.2) is 28.7 Å². The summed E-state index contributed by atoms with van der Waals surface area (Å²) in [6, 6.07) is 7.93. The molecule has 0 amide bonds. The van der Waals surface area contributed by atoms with Gasteiger partial charge in [-0.3, -0.25) is 0 Å². The van der Waals surface area contributed by atoms with Crippen molar-refractivity contribution in [3.05, 3.63) is 47.7 Å². The van der Waals surface area contributed by atoms with Crippen molar-refractivity contribution in [3.63, 3.8) is 0 Å². The summed E-state index contributed by atoms with van der Waals surface area (Å²) in [5.74, 6) is 0.869. The first-order valence-corrected chi connectivity index (χ1v) is 10.0. The van der Waals surface area contributed by atoms with Gasteiger partial charge in [-0.15, -0.1) is 12.4 Å². The minimum Gasteiger partial charge on any atom is -0.493 e. The van der Waals surface area contributed by atoms with E-state index in [1.807, 2.05) is 0 Å². The van der Waals surface area contributed by atoms with Gasteiger partial charge in [0.05, 0.1) is 16.9 Å². The fourth-order valence-electron chi connectivity index (χ4n) is 3.31. The number of sulfone groups is 1. The third-order valence-electron chi connectivity index (χ3n) is 4.62. The predicted octanol–water partition coefficient (Wildman–Crippen LogP) is 3.94. The van der Waals surface area contributed by atoms with Crippen LogP contribution >= 0.6 is 12.4 Å². The molecule has 0 fully saturated rings. The first kappa shape index (κ1) is 21.4. The Morgan fingerprint density at radius 3 is 2.69 bits per heavy atom. The van der Waals surface area contributed by atoms with E-state index < -0.39 is 16.4 Å². The quantitative estimate of drug-likeness (QED) is 0.641. The van der Waals surface area contributed by atoms with E-state index in [9.17, 15) is 17.2 Å².